The Hall–Kier alpha value is -2.37. The van der Waals surface area contributed by atoms with Crippen molar-refractivity contribution in [3.8, 4) is 16.9 Å². The van der Waals surface area contributed by atoms with E-state index in [0.29, 0.717) is 22.3 Å². The Kier molecular flexibility index (Phi) is 5.82. The van der Waals surface area contributed by atoms with Gasteiger partial charge in [0.2, 0.25) is 0 Å². The Morgan fingerprint density at radius 3 is 2.63 bits per heavy atom. The number of hydrogen-bond donors (Lipinski definition) is 0. The molecule has 27 heavy (non-hydrogen) atoms. The second-order valence-corrected chi connectivity index (χ2v) is 6.57. The van der Waals surface area contributed by atoms with E-state index in [4.69, 9.17) is 32.7 Å². The number of carbonyl (C=O) groups excluding carboxylic acids is 1. The van der Waals surface area contributed by atoms with Gasteiger partial charge in [0.05, 0.1) is 11.6 Å². The van der Waals surface area contributed by atoms with Crippen molar-refractivity contribution in [2.45, 2.75) is 20.0 Å². The van der Waals surface area contributed by atoms with Crippen LogP contribution in [0.2, 0.25) is 10.2 Å². The summed E-state index contributed by atoms with van der Waals surface area (Å²) in [4.78, 5) is 15.9. The molecule has 140 valence electrons. The SMILES string of the molecule is CCOC(=O)C(C)Oc1ccc2c(-c3ccc(F)cc3Cl)cnc(Cl)c2c1. The van der Waals surface area contributed by atoms with E-state index in [-0.39, 0.29) is 16.8 Å². The Bertz CT molecular complexity index is 1010. The van der Waals surface area contributed by atoms with Crippen molar-refractivity contribution >= 4 is 39.9 Å². The lowest BCUT2D eigenvalue weighted by atomic mass is 10.0. The summed E-state index contributed by atoms with van der Waals surface area (Å²) in [6.07, 6.45) is 0.829. The van der Waals surface area contributed by atoms with Gasteiger partial charge in [-0.2, -0.15) is 0 Å². The predicted molar refractivity (Wildman–Crippen MR) is 104 cm³/mol. The molecule has 0 saturated heterocycles. The predicted octanol–water partition coefficient (Wildman–Crippen LogP) is 5.68. The van der Waals surface area contributed by atoms with Gasteiger partial charge in [-0.1, -0.05) is 23.2 Å². The highest BCUT2D eigenvalue weighted by molar-refractivity contribution is 6.36. The van der Waals surface area contributed by atoms with Crippen LogP contribution in [0.15, 0.2) is 42.6 Å². The molecule has 0 aliphatic rings. The van der Waals surface area contributed by atoms with E-state index in [2.05, 4.69) is 4.98 Å². The number of fused-ring (bicyclic) bond motifs is 1. The highest BCUT2D eigenvalue weighted by atomic mass is 35.5. The molecule has 1 aromatic heterocycles. The van der Waals surface area contributed by atoms with Gasteiger partial charge in [-0.25, -0.2) is 14.2 Å². The molecule has 3 rings (SSSR count). The van der Waals surface area contributed by atoms with Gasteiger partial charge in [-0.05, 0) is 55.6 Å². The first-order valence-electron chi connectivity index (χ1n) is 8.27. The first kappa shape index (κ1) is 19.4. The highest BCUT2D eigenvalue weighted by Crippen LogP contribution is 2.37. The topological polar surface area (TPSA) is 48.4 Å². The zero-order valence-corrected chi connectivity index (χ0v) is 16.1. The number of ether oxygens (including phenoxy) is 2. The van der Waals surface area contributed by atoms with Gasteiger partial charge in [0.1, 0.15) is 16.7 Å². The van der Waals surface area contributed by atoms with E-state index in [0.717, 1.165) is 5.39 Å². The van der Waals surface area contributed by atoms with Gasteiger partial charge in [-0.3, -0.25) is 0 Å². The number of halogens is 3. The average Bonchev–Trinajstić information content (AvgIpc) is 2.63. The molecular formula is C20H16Cl2FNO3. The summed E-state index contributed by atoms with van der Waals surface area (Å²) >= 11 is 12.4. The van der Waals surface area contributed by atoms with Gasteiger partial charge >= 0.3 is 5.97 Å². The summed E-state index contributed by atoms with van der Waals surface area (Å²) in [5, 5.41) is 1.96. The standard InChI is InChI=1S/C20H16Cl2FNO3/c1-3-26-20(25)11(2)27-13-5-7-14-16(9-13)19(22)24-10-17(14)15-6-4-12(23)8-18(15)21/h4-11H,3H2,1-2H3. The molecule has 0 aliphatic heterocycles. The lowest BCUT2D eigenvalue weighted by Gasteiger charge is -2.15. The van der Waals surface area contributed by atoms with Gasteiger partial charge in [0.15, 0.2) is 6.10 Å². The fourth-order valence-electron chi connectivity index (χ4n) is 2.70. The average molecular weight is 408 g/mol. The summed E-state index contributed by atoms with van der Waals surface area (Å²) in [6.45, 7) is 3.62. The van der Waals surface area contributed by atoms with E-state index in [1.807, 2.05) is 0 Å². The van der Waals surface area contributed by atoms with Gasteiger partial charge in [-0.15, -0.1) is 0 Å². The first-order chi connectivity index (χ1) is 12.9. The van der Waals surface area contributed by atoms with Crippen molar-refractivity contribution in [2.75, 3.05) is 6.61 Å². The number of rotatable bonds is 5. The van der Waals surface area contributed by atoms with Crippen LogP contribution in [0.5, 0.6) is 5.75 Å². The molecular weight excluding hydrogens is 392 g/mol. The van der Waals surface area contributed by atoms with Gasteiger partial charge in [0.25, 0.3) is 0 Å². The minimum Gasteiger partial charge on any atom is -0.479 e. The molecule has 1 unspecified atom stereocenters. The van der Waals surface area contributed by atoms with Crippen molar-refractivity contribution in [2.24, 2.45) is 0 Å². The normalized spacial score (nSPS) is 12.0. The molecule has 0 fully saturated rings. The Balaban J connectivity index is 2.03. The number of pyridine rings is 1. The largest absolute Gasteiger partial charge is 0.479 e. The second-order valence-electron chi connectivity index (χ2n) is 5.81. The second kappa shape index (κ2) is 8.11. The van der Waals surface area contributed by atoms with Crippen molar-refractivity contribution in [1.82, 2.24) is 4.98 Å². The molecule has 1 atom stereocenters. The zero-order chi connectivity index (χ0) is 19.6. The number of benzene rings is 2. The molecule has 0 spiro atoms. The van der Waals surface area contributed by atoms with E-state index in [1.165, 1.54) is 12.1 Å². The van der Waals surface area contributed by atoms with E-state index >= 15 is 0 Å². The summed E-state index contributed by atoms with van der Waals surface area (Å²) < 4.78 is 23.9. The molecule has 7 heteroatoms. The van der Waals surface area contributed by atoms with Crippen molar-refractivity contribution in [1.29, 1.82) is 0 Å². The summed E-state index contributed by atoms with van der Waals surface area (Å²) in [7, 11) is 0. The molecule has 0 amide bonds. The van der Waals surface area contributed by atoms with Crippen LogP contribution < -0.4 is 4.74 Å². The third-order valence-electron chi connectivity index (χ3n) is 3.96. The zero-order valence-electron chi connectivity index (χ0n) is 14.6. The number of nitrogens with zero attached hydrogens (tertiary/aromatic N) is 1. The molecule has 2 aromatic carbocycles. The van der Waals surface area contributed by atoms with E-state index in [9.17, 15) is 9.18 Å². The van der Waals surface area contributed by atoms with Crippen LogP contribution in [0.25, 0.3) is 21.9 Å². The maximum atomic E-state index is 13.4. The molecule has 0 radical (unpaired) electrons. The highest BCUT2D eigenvalue weighted by Gasteiger charge is 2.17. The van der Waals surface area contributed by atoms with Crippen LogP contribution in [0.4, 0.5) is 4.39 Å². The minimum atomic E-state index is -0.760. The van der Waals surface area contributed by atoms with Crippen LogP contribution in [-0.4, -0.2) is 23.7 Å². The number of carbonyl (C=O) groups is 1. The monoisotopic (exact) mass is 407 g/mol. The van der Waals surface area contributed by atoms with Crippen LogP contribution in [0, 0.1) is 5.82 Å². The molecule has 0 bridgehead atoms. The fraction of sp³-hybridized carbons (Fsp3) is 0.200. The van der Waals surface area contributed by atoms with Gasteiger partial charge in [0, 0.05) is 22.7 Å². The number of esters is 1. The Morgan fingerprint density at radius 1 is 1.15 bits per heavy atom. The minimum absolute atomic E-state index is 0.275. The first-order valence-corrected chi connectivity index (χ1v) is 9.03. The maximum Gasteiger partial charge on any atom is 0.347 e. The molecule has 3 aromatic rings. The van der Waals surface area contributed by atoms with Crippen molar-refractivity contribution in [3.05, 3.63) is 58.6 Å². The lowest BCUT2D eigenvalue weighted by Crippen LogP contribution is -2.26. The molecule has 0 N–H and O–H groups in total. The summed E-state index contributed by atoms with van der Waals surface area (Å²) in [6, 6.07) is 9.38. The molecule has 0 saturated carbocycles. The number of aromatic nitrogens is 1. The summed E-state index contributed by atoms with van der Waals surface area (Å²) in [5.74, 6) is -0.415. The van der Waals surface area contributed by atoms with Crippen LogP contribution >= 0.6 is 23.2 Å². The Morgan fingerprint density at radius 2 is 1.93 bits per heavy atom. The van der Waals surface area contributed by atoms with Crippen LogP contribution in [0.3, 0.4) is 0 Å². The van der Waals surface area contributed by atoms with E-state index < -0.39 is 17.9 Å². The third-order valence-corrected chi connectivity index (χ3v) is 4.58. The van der Waals surface area contributed by atoms with Crippen molar-refractivity contribution in [3.63, 3.8) is 0 Å². The van der Waals surface area contributed by atoms with Crippen LogP contribution in [-0.2, 0) is 9.53 Å². The molecule has 0 aliphatic carbocycles. The van der Waals surface area contributed by atoms with Crippen LogP contribution in [0.1, 0.15) is 13.8 Å². The fourth-order valence-corrected chi connectivity index (χ4v) is 3.17. The smallest absolute Gasteiger partial charge is 0.347 e. The molecule has 4 nitrogen and oxygen atoms in total. The Labute approximate surface area is 165 Å². The quantitative estimate of drug-likeness (QED) is 0.403. The molecule has 1 heterocycles. The van der Waals surface area contributed by atoms with E-state index in [1.54, 1.807) is 44.3 Å². The van der Waals surface area contributed by atoms with Gasteiger partial charge < -0.3 is 9.47 Å². The van der Waals surface area contributed by atoms with Crippen molar-refractivity contribution < 1.29 is 18.7 Å². The third kappa shape index (κ3) is 4.15. The lowest BCUT2D eigenvalue weighted by molar-refractivity contribution is -0.150. The number of hydrogen-bond acceptors (Lipinski definition) is 4. The summed E-state index contributed by atoms with van der Waals surface area (Å²) in [5.41, 5.74) is 1.35. The maximum absolute atomic E-state index is 13.4.